The van der Waals surface area contributed by atoms with Crippen LogP contribution in [0.25, 0.3) is 0 Å². The van der Waals surface area contributed by atoms with E-state index in [9.17, 15) is 13.2 Å². The van der Waals surface area contributed by atoms with Crippen LogP contribution < -0.4 is 5.32 Å². The summed E-state index contributed by atoms with van der Waals surface area (Å²) in [5.74, 6) is 0.368. The average Bonchev–Trinajstić information content (AvgIpc) is 2.95. The lowest BCUT2D eigenvalue weighted by Crippen LogP contribution is -2.24. The van der Waals surface area contributed by atoms with Gasteiger partial charge in [-0.15, -0.1) is 11.3 Å². The van der Waals surface area contributed by atoms with Crippen LogP contribution in [-0.2, 0) is 9.05 Å². The molecule has 4 nitrogen and oxygen atoms in total. The number of nitrogens with one attached hydrogen (secondary N) is 1. The van der Waals surface area contributed by atoms with Gasteiger partial charge in [0.1, 0.15) is 0 Å². The van der Waals surface area contributed by atoms with Gasteiger partial charge < -0.3 is 5.32 Å². The lowest BCUT2D eigenvalue weighted by atomic mass is 10.4. The number of carbonyl (C=O) groups is 1. The Morgan fingerprint density at radius 2 is 2.24 bits per heavy atom. The number of amides is 1. The summed E-state index contributed by atoms with van der Waals surface area (Å²) in [5, 5.41) is 2.79. The molecule has 1 aromatic heterocycles. The predicted octanol–water partition coefficient (Wildman–Crippen LogP) is 2.12. The van der Waals surface area contributed by atoms with Crippen LogP contribution in [0.15, 0.2) is 11.0 Å². The highest BCUT2D eigenvalue weighted by atomic mass is 35.7. The molecule has 1 heterocycles. The number of aryl methyl sites for hydroxylation is 1. The van der Waals surface area contributed by atoms with E-state index >= 15 is 0 Å². The smallest absolute Gasteiger partial charge is 0.262 e. The van der Waals surface area contributed by atoms with Gasteiger partial charge in [0.2, 0.25) is 0 Å². The van der Waals surface area contributed by atoms with E-state index in [2.05, 4.69) is 5.32 Å². The van der Waals surface area contributed by atoms with Gasteiger partial charge in [-0.3, -0.25) is 4.79 Å². The van der Waals surface area contributed by atoms with Crippen LogP contribution >= 0.6 is 22.0 Å². The quantitative estimate of drug-likeness (QED) is 0.865. The highest BCUT2D eigenvalue weighted by Crippen LogP contribution is 2.29. The molecule has 0 unspecified atom stereocenters. The standard InChI is InChI=1S/C10H12ClNO3S2/c1-6-9(17(11,14)15)4-8(16-6)10(13)12-5-7-2-3-7/h4,7H,2-3,5H2,1H3,(H,12,13). The molecule has 1 saturated carbocycles. The molecule has 0 spiro atoms. The number of halogens is 1. The predicted molar refractivity (Wildman–Crippen MR) is 67.2 cm³/mol. The van der Waals surface area contributed by atoms with E-state index < -0.39 is 9.05 Å². The summed E-state index contributed by atoms with van der Waals surface area (Å²) in [5.41, 5.74) is 0. The molecule has 2 rings (SSSR count). The van der Waals surface area contributed by atoms with Crippen molar-refractivity contribution < 1.29 is 13.2 Å². The highest BCUT2D eigenvalue weighted by Gasteiger charge is 2.24. The SMILES string of the molecule is Cc1sc(C(=O)NCC2CC2)cc1S(=O)(=O)Cl. The Labute approximate surface area is 108 Å². The first-order chi connectivity index (χ1) is 7.88. The van der Waals surface area contributed by atoms with Crippen molar-refractivity contribution in [1.82, 2.24) is 5.32 Å². The normalized spacial score (nSPS) is 15.9. The maximum absolute atomic E-state index is 11.7. The molecular weight excluding hydrogens is 282 g/mol. The van der Waals surface area contributed by atoms with E-state index in [0.717, 1.165) is 24.2 Å². The van der Waals surface area contributed by atoms with Crippen molar-refractivity contribution in [2.75, 3.05) is 6.54 Å². The third-order valence-corrected chi connectivity index (χ3v) is 5.23. The number of thiophene rings is 1. The second-order valence-electron chi connectivity index (χ2n) is 4.12. The van der Waals surface area contributed by atoms with Crippen LogP contribution in [0.2, 0.25) is 0 Å². The Balaban J connectivity index is 2.13. The minimum Gasteiger partial charge on any atom is -0.351 e. The number of hydrogen-bond acceptors (Lipinski definition) is 4. The second kappa shape index (κ2) is 4.59. The molecule has 1 aliphatic carbocycles. The van der Waals surface area contributed by atoms with Crippen LogP contribution in [0.5, 0.6) is 0 Å². The molecular formula is C10H12ClNO3S2. The molecule has 0 bridgehead atoms. The Morgan fingerprint density at radius 1 is 1.59 bits per heavy atom. The maximum Gasteiger partial charge on any atom is 0.262 e. The van der Waals surface area contributed by atoms with Crippen molar-refractivity contribution in [3.63, 3.8) is 0 Å². The first kappa shape index (κ1) is 12.9. The van der Waals surface area contributed by atoms with Gasteiger partial charge in [-0.25, -0.2) is 8.42 Å². The van der Waals surface area contributed by atoms with Crippen molar-refractivity contribution in [2.24, 2.45) is 5.92 Å². The van der Waals surface area contributed by atoms with Crippen molar-refractivity contribution >= 4 is 37.0 Å². The van der Waals surface area contributed by atoms with Crippen molar-refractivity contribution in [2.45, 2.75) is 24.7 Å². The van der Waals surface area contributed by atoms with Gasteiger partial charge in [0.25, 0.3) is 15.0 Å². The average molecular weight is 294 g/mol. The first-order valence-electron chi connectivity index (χ1n) is 5.21. The molecule has 1 amide bonds. The summed E-state index contributed by atoms with van der Waals surface area (Å²) in [4.78, 5) is 12.7. The summed E-state index contributed by atoms with van der Waals surface area (Å²) in [6.45, 7) is 2.30. The molecule has 1 aromatic rings. The molecule has 0 aliphatic heterocycles. The summed E-state index contributed by atoms with van der Waals surface area (Å²) in [7, 11) is 1.50. The van der Waals surface area contributed by atoms with E-state index in [-0.39, 0.29) is 10.8 Å². The number of rotatable bonds is 4. The Bertz CT molecular complexity index is 546. The van der Waals surface area contributed by atoms with Crippen LogP contribution in [-0.4, -0.2) is 20.9 Å². The Morgan fingerprint density at radius 3 is 2.71 bits per heavy atom. The largest absolute Gasteiger partial charge is 0.351 e. The van der Waals surface area contributed by atoms with Gasteiger partial charge in [0.15, 0.2) is 0 Å². The second-order valence-corrected chi connectivity index (χ2v) is 7.91. The molecule has 0 aromatic carbocycles. The van der Waals surface area contributed by atoms with Crippen LogP contribution in [0.1, 0.15) is 27.4 Å². The lowest BCUT2D eigenvalue weighted by molar-refractivity contribution is 0.0955. The van der Waals surface area contributed by atoms with Crippen molar-refractivity contribution in [3.05, 3.63) is 15.8 Å². The van der Waals surface area contributed by atoms with Gasteiger partial charge >= 0.3 is 0 Å². The zero-order chi connectivity index (χ0) is 12.6. The minimum absolute atomic E-state index is 0.0285. The Kier molecular flexibility index (Phi) is 3.47. The van der Waals surface area contributed by atoms with Gasteiger partial charge in [-0.05, 0) is 31.7 Å². The number of hydrogen-bond donors (Lipinski definition) is 1. The van der Waals surface area contributed by atoms with E-state index in [1.165, 1.54) is 6.07 Å². The summed E-state index contributed by atoms with van der Waals surface area (Å²) >= 11 is 1.15. The summed E-state index contributed by atoms with van der Waals surface area (Å²) < 4.78 is 22.4. The van der Waals surface area contributed by atoms with E-state index in [0.29, 0.717) is 22.2 Å². The zero-order valence-electron chi connectivity index (χ0n) is 9.20. The third-order valence-electron chi connectivity index (χ3n) is 2.61. The summed E-state index contributed by atoms with van der Waals surface area (Å²) in [6, 6.07) is 1.34. The van der Waals surface area contributed by atoms with Gasteiger partial charge in [0.05, 0.1) is 9.77 Å². The lowest BCUT2D eigenvalue weighted by Gasteiger charge is -2.00. The minimum atomic E-state index is -3.76. The van der Waals surface area contributed by atoms with E-state index in [1.54, 1.807) is 6.92 Å². The molecule has 1 fully saturated rings. The van der Waals surface area contributed by atoms with E-state index in [4.69, 9.17) is 10.7 Å². The number of carbonyl (C=O) groups excluding carboxylic acids is 1. The maximum atomic E-state index is 11.7. The highest BCUT2D eigenvalue weighted by molar-refractivity contribution is 8.13. The van der Waals surface area contributed by atoms with Gasteiger partial charge in [-0.2, -0.15) is 0 Å². The topological polar surface area (TPSA) is 63.2 Å². The van der Waals surface area contributed by atoms with Crippen molar-refractivity contribution in [1.29, 1.82) is 0 Å². The van der Waals surface area contributed by atoms with Gasteiger partial charge in [0, 0.05) is 22.1 Å². The fraction of sp³-hybridized carbons (Fsp3) is 0.500. The fourth-order valence-electron chi connectivity index (χ4n) is 1.47. The van der Waals surface area contributed by atoms with E-state index in [1.807, 2.05) is 0 Å². The van der Waals surface area contributed by atoms with Crippen LogP contribution in [0.3, 0.4) is 0 Å². The van der Waals surface area contributed by atoms with Crippen LogP contribution in [0.4, 0.5) is 0 Å². The zero-order valence-corrected chi connectivity index (χ0v) is 11.6. The van der Waals surface area contributed by atoms with Crippen LogP contribution in [0, 0.1) is 12.8 Å². The first-order valence-corrected chi connectivity index (χ1v) is 8.34. The fourth-order valence-corrected chi connectivity index (χ4v) is 4.05. The molecule has 17 heavy (non-hydrogen) atoms. The third kappa shape index (κ3) is 3.20. The monoisotopic (exact) mass is 293 g/mol. The van der Waals surface area contributed by atoms with Crippen molar-refractivity contribution in [3.8, 4) is 0 Å². The molecule has 0 saturated heterocycles. The van der Waals surface area contributed by atoms with Gasteiger partial charge in [-0.1, -0.05) is 0 Å². The molecule has 0 radical (unpaired) electrons. The molecule has 94 valence electrons. The Hall–Kier alpha value is -0.590. The molecule has 7 heteroatoms. The molecule has 0 atom stereocenters. The molecule has 1 aliphatic rings. The molecule has 1 N–H and O–H groups in total. The summed E-state index contributed by atoms with van der Waals surface area (Å²) in [6.07, 6.45) is 2.32.